The van der Waals surface area contributed by atoms with Crippen molar-refractivity contribution < 1.29 is 14.5 Å². The molecule has 0 saturated heterocycles. The molecule has 0 saturated carbocycles. The Morgan fingerprint density at radius 2 is 1.87 bits per heavy atom. The Morgan fingerprint density at radius 1 is 1.10 bits per heavy atom. The smallest absolute Gasteiger partial charge is 0.276 e. The second-order valence-electron chi connectivity index (χ2n) is 7.03. The number of non-ortho nitro benzene ring substituents is 1. The highest BCUT2D eigenvalue weighted by Crippen LogP contribution is 2.18. The molecule has 0 bridgehead atoms. The van der Waals surface area contributed by atoms with E-state index < -0.39 is 10.8 Å². The second kappa shape index (κ2) is 8.99. The van der Waals surface area contributed by atoms with Crippen LogP contribution in [0.4, 0.5) is 11.4 Å². The van der Waals surface area contributed by atoms with E-state index in [4.69, 9.17) is 0 Å². The summed E-state index contributed by atoms with van der Waals surface area (Å²) < 4.78 is 1.38. The van der Waals surface area contributed by atoms with E-state index in [0.717, 1.165) is 0 Å². The molecule has 2 aromatic carbocycles. The Morgan fingerprint density at radius 3 is 2.60 bits per heavy atom. The van der Waals surface area contributed by atoms with Gasteiger partial charge in [-0.2, -0.15) is 5.10 Å². The minimum Gasteiger partial charge on any atom is -0.352 e. The number of nitro groups is 1. The lowest BCUT2D eigenvalue weighted by molar-refractivity contribution is -0.384. The van der Waals surface area contributed by atoms with Crippen LogP contribution in [0.15, 0.2) is 60.8 Å². The van der Waals surface area contributed by atoms with Crippen molar-refractivity contribution in [1.82, 2.24) is 15.1 Å². The summed E-state index contributed by atoms with van der Waals surface area (Å²) in [4.78, 5) is 35.5. The van der Waals surface area contributed by atoms with Crippen LogP contribution >= 0.6 is 0 Å². The zero-order valence-electron chi connectivity index (χ0n) is 16.5. The zero-order valence-corrected chi connectivity index (χ0v) is 16.5. The molecule has 0 spiro atoms. The number of nitrogens with zero attached hydrogens (tertiary/aromatic N) is 3. The highest BCUT2D eigenvalue weighted by molar-refractivity contribution is 6.08. The van der Waals surface area contributed by atoms with E-state index in [9.17, 15) is 19.7 Å². The van der Waals surface area contributed by atoms with Crippen LogP contribution in [0.1, 0.15) is 34.7 Å². The molecule has 3 rings (SSSR count). The summed E-state index contributed by atoms with van der Waals surface area (Å²) in [7, 11) is 0. The maximum absolute atomic E-state index is 12.6. The molecule has 30 heavy (non-hydrogen) atoms. The van der Waals surface area contributed by atoms with Crippen LogP contribution in [0.2, 0.25) is 0 Å². The summed E-state index contributed by atoms with van der Waals surface area (Å²) >= 11 is 0. The minimum absolute atomic E-state index is 0.0738. The average Bonchev–Trinajstić information content (AvgIpc) is 3.23. The third-order valence-electron chi connectivity index (χ3n) is 4.22. The first-order valence-electron chi connectivity index (χ1n) is 9.34. The lowest BCUT2D eigenvalue weighted by atomic mass is 10.1. The molecule has 154 valence electrons. The van der Waals surface area contributed by atoms with Crippen molar-refractivity contribution in [1.29, 1.82) is 0 Å². The number of carbonyl (C=O) groups excluding carboxylic acids is 2. The first kappa shape index (κ1) is 20.7. The van der Waals surface area contributed by atoms with Gasteiger partial charge >= 0.3 is 0 Å². The number of aromatic nitrogens is 2. The molecule has 0 aliphatic heterocycles. The fourth-order valence-corrected chi connectivity index (χ4v) is 2.71. The number of benzene rings is 2. The summed E-state index contributed by atoms with van der Waals surface area (Å²) in [6.07, 6.45) is 1.54. The Bertz CT molecular complexity index is 1090. The van der Waals surface area contributed by atoms with Gasteiger partial charge in [-0.3, -0.25) is 19.7 Å². The van der Waals surface area contributed by atoms with Crippen molar-refractivity contribution in [2.45, 2.75) is 13.8 Å². The SMILES string of the molecule is CC(C)CNC(=O)c1ccccc1NC(=O)c1ccn(-c2cccc([N+](=O)[O-])c2)n1. The summed E-state index contributed by atoms with van der Waals surface area (Å²) in [5.41, 5.74) is 1.21. The molecular weight excluding hydrogens is 386 g/mol. The van der Waals surface area contributed by atoms with Gasteiger partial charge in [0.05, 0.1) is 21.9 Å². The first-order valence-corrected chi connectivity index (χ1v) is 9.34. The quantitative estimate of drug-likeness (QED) is 0.459. The summed E-state index contributed by atoms with van der Waals surface area (Å²) in [6.45, 7) is 4.51. The largest absolute Gasteiger partial charge is 0.352 e. The van der Waals surface area contributed by atoms with Crippen LogP contribution in [0.5, 0.6) is 0 Å². The van der Waals surface area contributed by atoms with Crippen LogP contribution < -0.4 is 10.6 Å². The van der Waals surface area contributed by atoms with Crippen molar-refractivity contribution in [2.75, 3.05) is 11.9 Å². The van der Waals surface area contributed by atoms with E-state index >= 15 is 0 Å². The predicted molar refractivity (Wildman–Crippen MR) is 112 cm³/mol. The fraction of sp³-hybridized carbons (Fsp3) is 0.190. The Balaban J connectivity index is 1.77. The molecule has 1 heterocycles. The van der Waals surface area contributed by atoms with Gasteiger partial charge in [-0.05, 0) is 30.2 Å². The third kappa shape index (κ3) is 4.88. The average molecular weight is 407 g/mol. The summed E-state index contributed by atoms with van der Waals surface area (Å²) in [6, 6.07) is 14.1. The molecule has 0 fully saturated rings. The van der Waals surface area contributed by atoms with E-state index in [1.54, 1.807) is 36.4 Å². The molecule has 1 aromatic heterocycles. The van der Waals surface area contributed by atoms with Crippen molar-refractivity contribution in [3.63, 3.8) is 0 Å². The molecule has 3 aromatic rings. The van der Waals surface area contributed by atoms with Crippen LogP contribution in [-0.4, -0.2) is 33.1 Å². The molecule has 0 aliphatic carbocycles. The molecule has 0 unspecified atom stereocenters. The predicted octanol–water partition coefficient (Wildman–Crippen LogP) is 3.42. The van der Waals surface area contributed by atoms with Crippen LogP contribution in [-0.2, 0) is 0 Å². The first-order chi connectivity index (χ1) is 14.3. The Labute approximate surface area is 172 Å². The molecule has 2 amide bonds. The number of hydrogen-bond acceptors (Lipinski definition) is 5. The van der Waals surface area contributed by atoms with Gasteiger partial charge in [0, 0.05) is 24.9 Å². The molecule has 9 nitrogen and oxygen atoms in total. The Kier molecular flexibility index (Phi) is 6.21. The monoisotopic (exact) mass is 407 g/mol. The van der Waals surface area contributed by atoms with E-state index in [0.29, 0.717) is 29.4 Å². The number of amides is 2. The van der Waals surface area contributed by atoms with Crippen molar-refractivity contribution in [3.05, 3.63) is 82.2 Å². The number of nitro benzene ring substituents is 1. The Hall–Kier alpha value is -4.01. The van der Waals surface area contributed by atoms with E-state index in [1.165, 1.54) is 29.1 Å². The number of hydrogen-bond donors (Lipinski definition) is 2. The van der Waals surface area contributed by atoms with Gasteiger partial charge in [0.15, 0.2) is 5.69 Å². The standard InChI is InChI=1S/C21H21N5O4/c1-14(2)13-22-20(27)17-8-3-4-9-18(17)23-21(28)19-10-11-25(24-19)15-6-5-7-16(12-15)26(29)30/h3-12,14H,13H2,1-2H3,(H,22,27)(H,23,28). The molecule has 2 N–H and O–H groups in total. The normalized spacial score (nSPS) is 10.6. The van der Waals surface area contributed by atoms with Crippen LogP contribution in [0.3, 0.4) is 0 Å². The second-order valence-corrected chi connectivity index (χ2v) is 7.03. The van der Waals surface area contributed by atoms with Crippen LogP contribution in [0, 0.1) is 16.0 Å². The molecule has 0 atom stereocenters. The maximum atomic E-state index is 12.6. The number of para-hydroxylation sites is 1. The molecule has 9 heteroatoms. The number of nitrogens with one attached hydrogen (secondary N) is 2. The zero-order chi connectivity index (χ0) is 21.7. The van der Waals surface area contributed by atoms with Crippen molar-refractivity contribution in [3.8, 4) is 5.69 Å². The molecule has 0 aliphatic rings. The van der Waals surface area contributed by atoms with Gasteiger partial charge in [-0.15, -0.1) is 0 Å². The van der Waals surface area contributed by atoms with Gasteiger partial charge in [-0.1, -0.05) is 32.0 Å². The number of carbonyl (C=O) groups is 2. The highest BCUT2D eigenvalue weighted by Gasteiger charge is 2.16. The van der Waals surface area contributed by atoms with Crippen LogP contribution in [0.25, 0.3) is 5.69 Å². The van der Waals surface area contributed by atoms with Crippen molar-refractivity contribution >= 4 is 23.2 Å². The lowest BCUT2D eigenvalue weighted by Gasteiger charge is -2.12. The third-order valence-corrected chi connectivity index (χ3v) is 4.22. The van der Waals surface area contributed by atoms with Gasteiger partial charge < -0.3 is 10.6 Å². The van der Waals surface area contributed by atoms with Gasteiger partial charge in [0.2, 0.25) is 0 Å². The minimum atomic E-state index is -0.498. The van der Waals surface area contributed by atoms with Crippen molar-refractivity contribution in [2.24, 2.45) is 5.92 Å². The van der Waals surface area contributed by atoms with Gasteiger partial charge in [0.1, 0.15) is 0 Å². The molecular formula is C21H21N5O4. The van der Waals surface area contributed by atoms with E-state index in [2.05, 4.69) is 15.7 Å². The summed E-state index contributed by atoms with van der Waals surface area (Å²) in [5, 5.41) is 20.7. The topological polar surface area (TPSA) is 119 Å². The van der Waals surface area contributed by atoms with E-state index in [1.807, 2.05) is 13.8 Å². The van der Waals surface area contributed by atoms with Gasteiger partial charge in [0.25, 0.3) is 17.5 Å². The maximum Gasteiger partial charge on any atom is 0.276 e. The number of anilines is 1. The summed E-state index contributed by atoms with van der Waals surface area (Å²) in [5.74, 6) is -0.474. The number of rotatable bonds is 7. The van der Waals surface area contributed by atoms with E-state index in [-0.39, 0.29) is 17.3 Å². The van der Waals surface area contributed by atoms with Gasteiger partial charge in [-0.25, -0.2) is 4.68 Å². The fourth-order valence-electron chi connectivity index (χ4n) is 2.71. The lowest BCUT2D eigenvalue weighted by Crippen LogP contribution is -2.28. The molecule has 0 radical (unpaired) electrons. The highest BCUT2D eigenvalue weighted by atomic mass is 16.6.